The molecule has 4 unspecified atom stereocenters. The van der Waals surface area contributed by atoms with Crippen molar-refractivity contribution in [3.8, 4) is 0 Å². The summed E-state index contributed by atoms with van der Waals surface area (Å²) in [6.45, 7) is 6.98. The lowest BCUT2D eigenvalue weighted by Crippen LogP contribution is -2.52. The number of nitrogens with zero attached hydrogens (tertiary/aromatic N) is 2. The quantitative estimate of drug-likeness (QED) is 0.100. The average molecular weight is 785 g/mol. The first-order valence-electron chi connectivity index (χ1n) is 19.5. The number of sulfonamides is 1. The summed E-state index contributed by atoms with van der Waals surface area (Å²) in [5, 5.41) is 17.9. The highest BCUT2D eigenvalue weighted by Gasteiger charge is 2.44. The molecule has 3 N–H and O–H groups in total. The molecule has 2 aliphatic rings. The van der Waals surface area contributed by atoms with E-state index < -0.39 is 39.8 Å². The number of fused-ring (bicyclic) bond motifs is 1. The van der Waals surface area contributed by atoms with Crippen LogP contribution in [-0.4, -0.2) is 93.3 Å². The highest BCUT2D eigenvalue weighted by Crippen LogP contribution is 2.33. The lowest BCUT2D eigenvalue weighted by atomic mass is 9.88. The monoisotopic (exact) mass is 784 g/mol. The lowest BCUT2D eigenvalue weighted by Gasteiger charge is -2.36. The van der Waals surface area contributed by atoms with Crippen LogP contribution in [-0.2, 0) is 43.7 Å². The van der Waals surface area contributed by atoms with Crippen LogP contribution in [0.25, 0.3) is 0 Å². The van der Waals surface area contributed by atoms with Crippen molar-refractivity contribution in [2.75, 3.05) is 45.2 Å². The van der Waals surface area contributed by atoms with E-state index in [0.29, 0.717) is 25.3 Å². The number of carbonyl (C=O) groups excluding carboxylic acids is 1. The summed E-state index contributed by atoms with van der Waals surface area (Å²) in [7, 11) is -2.38. The highest BCUT2D eigenvalue weighted by molar-refractivity contribution is 7.89. The zero-order chi connectivity index (χ0) is 39.5. The number of carbonyl (C=O) groups is 1. The van der Waals surface area contributed by atoms with E-state index in [9.17, 15) is 18.3 Å². The maximum absolute atomic E-state index is 14.6. The molecule has 0 spiro atoms. The van der Waals surface area contributed by atoms with Crippen molar-refractivity contribution in [1.29, 1.82) is 0 Å². The van der Waals surface area contributed by atoms with E-state index in [2.05, 4.69) is 53.6 Å². The van der Waals surface area contributed by atoms with Gasteiger partial charge >= 0.3 is 6.09 Å². The Hall–Kier alpha value is -4.30. The van der Waals surface area contributed by atoms with Crippen molar-refractivity contribution >= 4 is 21.8 Å². The maximum Gasteiger partial charge on any atom is 0.407 e. The third-order valence-electron chi connectivity index (χ3n) is 10.7. The van der Waals surface area contributed by atoms with E-state index in [-0.39, 0.29) is 43.2 Å². The van der Waals surface area contributed by atoms with Gasteiger partial charge in [0.1, 0.15) is 6.10 Å². The normalized spacial score (nSPS) is 19.4. The zero-order valence-corrected chi connectivity index (χ0v) is 33.4. The molecule has 0 aliphatic carbocycles. The van der Waals surface area contributed by atoms with Crippen LogP contribution in [0.15, 0.2) is 120 Å². The van der Waals surface area contributed by atoms with Gasteiger partial charge in [-0.1, -0.05) is 111 Å². The summed E-state index contributed by atoms with van der Waals surface area (Å²) < 4.78 is 47.7. The summed E-state index contributed by atoms with van der Waals surface area (Å²) in [4.78, 5) is 15.9. The molecule has 56 heavy (non-hydrogen) atoms. The molecule has 5 atom stereocenters. The van der Waals surface area contributed by atoms with Crippen molar-refractivity contribution in [3.05, 3.63) is 132 Å². The van der Waals surface area contributed by atoms with Crippen LogP contribution in [0.2, 0.25) is 0 Å². The Morgan fingerprint density at radius 3 is 2.14 bits per heavy atom. The molecule has 2 saturated heterocycles. The van der Waals surface area contributed by atoms with Gasteiger partial charge in [-0.3, -0.25) is 4.90 Å². The summed E-state index contributed by atoms with van der Waals surface area (Å²) in [6.07, 6.45) is -1.17. The molecule has 0 radical (unpaired) electrons. The fourth-order valence-corrected chi connectivity index (χ4v) is 9.17. The Morgan fingerprint density at radius 1 is 0.893 bits per heavy atom. The number of benzene rings is 4. The van der Waals surface area contributed by atoms with Gasteiger partial charge in [0.15, 0.2) is 6.29 Å². The van der Waals surface area contributed by atoms with Crippen LogP contribution < -0.4 is 10.6 Å². The van der Waals surface area contributed by atoms with Gasteiger partial charge in [0.2, 0.25) is 10.0 Å². The number of aliphatic hydroxyl groups excluding tert-OH is 1. The van der Waals surface area contributed by atoms with Gasteiger partial charge in [-0.2, -0.15) is 4.31 Å². The second-order valence-corrected chi connectivity index (χ2v) is 17.6. The number of hydrogen-bond donors (Lipinski definition) is 3. The summed E-state index contributed by atoms with van der Waals surface area (Å²) in [6, 6.07) is 36.0. The van der Waals surface area contributed by atoms with Gasteiger partial charge in [0, 0.05) is 38.9 Å². The smallest absolute Gasteiger partial charge is 0.407 e. The highest BCUT2D eigenvalue weighted by atomic mass is 32.2. The second-order valence-electron chi connectivity index (χ2n) is 15.6. The Balaban J connectivity index is 1.22. The van der Waals surface area contributed by atoms with Gasteiger partial charge in [-0.05, 0) is 66.1 Å². The Bertz CT molecular complexity index is 1890. The number of aliphatic hydroxyl groups is 1. The predicted octanol–water partition coefficient (Wildman–Crippen LogP) is 6.30. The van der Waals surface area contributed by atoms with Crippen molar-refractivity contribution in [2.24, 2.45) is 11.3 Å². The van der Waals surface area contributed by atoms with Gasteiger partial charge < -0.3 is 30.0 Å². The second kappa shape index (κ2) is 19.2. The standard InChI is InChI=1S/C44H56N4O7S/c1-44(2,23-24-47(28-34-16-9-5-10-17-34)29-35-18-11-6-12-19-35)32-48(56(51,52)37-21-13-20-36(27-37)45-3)30-40(49)39(26-33-14-7-4-8-15-33)46-43(50)55-41-31-54-42-38(41)22-25-53-42/h4-21,27,38-42,45,49H,22-26,28-32H2,1-3H3,(H,46,50)/t38?,39-,40?,41?,42?/m0/s1. The minimum absolute atomic E-state index is 0.0502. The molecule has 11 nitrogen and oxygen atoms in total. The van der Waals surface area contributed by atoms with Crippen LogP contribution >= 0.6 is 0 Å². The first-order valence-corrected chi connectivity index (χ1v) is 20.9. The Kier molecular flexibility index (Phi) is 14.2. The number of hydrogen-bond acceptors (Lipinski definition) is 9. The van der Waals surface area contributed by atoms with Gasteiger partial charge in [-0.15, -0.1) is 0 Å². The van der Waals surface area contributed by atoms with E-state index in [1.165, 1.54) is 15.4 Å². The summed E-state index contributed by atoms with van der Waals surface area (Å²) in [5.41, 5.74) is 3.41. The predicted molar refractivity (Wildman–Crippen MR) is 217 cm³/mol. The van der Waals surface area contributed by atoms with Crippen molar-refractivity contribution in [3.63, 3.8) is 0 Å². The maximum atomic E-state index is 14.6. The number of nitrogens with one attached hydrogen (secondary N) is 2. The molecule has 2 heterocycles. The van der Waals surface area contributed by atoms with Crippen LogP contribution in [0, 0.1) is 11.3 Å². The SMILES string of the molecule is CNc1cccc(S(=O)(=O)N(CC(O)[C@H](Cc2ccccc2)NC(=O)OC2COC3OCCC23)CC(C)(C)CCN(Cc2ccccc2)Cc2ccccc2)c1. The van der Waals surface area contributed by atoms with Gasteiger partial charge in [0.05, 0.1) is 36.2 Å². The van der Waals surface area contributed by atoms with Crippen LogP contribution in [0.1, 0.15) is 43.4 Å². The molecule has 2 fully saturated rings. The van der Waals surface area contributed by atoms with E-state index in [1.54, 1.807) is 31.3 Å². The lowest BCUT2D eigenvalue weighted by molar-refractivity contribution is -0.0907. The zero-order valence-electron chi connectivity index (χ0n) is 32.6. The Morgan fingerprint density at radius 2 is 1.52 bits per heavy atom. The number of ether oxygens (including phenoxy) is 3. The van der Waals surface area contributed by atoms with Gasteiger partial charge in [-0.25, -0.2) is 13.2 Å². The van der Waals surface area contributed by atoms with Crippen LogP contribution in [0.3, 0.4) is 0 Å². The first kappa shape index (κ1) is 41.3. The molecule has 4 aromatic carbocycles. The minimum Gasteiger partial charge on any atom is -0.443 e. The molecule has 12 heteroatoms. The number of rotatable bonds is 19. The molecule has 4 aromatic rings. The van der Waals surface area contributed by atoms with E-state index >= 15 is 0 Å². The number of alkyl carbamates (subject to hydrolysis) is 1. The topological polar surface area (TPSA) is 130 Å². The van der Waals surface area contributed by atoms with Crippen molar-refractivity contribution in [2.45, 2.75) is 75.6 Å². The molecule has 0 bridgehead atoms. The van der Waals surface area contributed by atoms with Crippen molar-refractivity contribution in [1.82, 2.24) is 14.5 Å². The van der Waals surface area contributed by atoms with E-state index in [4.69, 9.17) is 14.2 Å². The molecule has 1 amide bonds. The molecule has 300 valence electrons. The molecule has 0 aromatic heterocycles. The average Bonchev–Trinajstić information content (AvgIpc) is 3.83. The first-order chi connectivity index (χ1) is 27.0. The van der Waals surface area contributed by atoms with E-state index in [0.717, 1.165) is 25.1 Å². The van der Waals surface area contributed by atoms with Gasteiger partial charge in [0.25, 0.3) is 0 Å². The van der Waals surface area contributed by atoms with Crippen molar-refractivity contribution < 1.29 is 32.5 Å². The molecule has 0 saturated carbocycles. The third-order valence-corrected chi connectivity index (χ3v) is 12.5. The van der Waals surface area contributed by atoms with E-state index in [1.807, 2.05) is 66.7 Å². The molecular formula is C44H56N4O7S. The molecule has 2 aliphatic heterocycles. The molecule has 6 rings (SSSR count). The fourth-order valence-electron chi connectivity index (χ4n) is 7.48. The largest absolute Gasteiger partial charge is 0.443 e. The number of anilines is 1. The molecular weight excluding hydrogens is 729 g/mol. The third kappa shape index (κ3) is 11.4. The van der Waals surface area contributed by atoms with Crippen LogP contribution in [0.5, 0.6) is 0 Å². The van der Waals surface area contributed by atoms with Crippen LogP contribution in [0.4, 0.5) is 10.5 Å². The fraction of sp³-hybridized carbons (Fsp3) is 0.432. The minimum atomic E-state index is -4.12. The summed E-state index contributed by atoms with van der Waals surface area (Å²) >= 11 is 0. The summed E-state index contributed by atoms with van der Waals surface area (Å²) in [5.74, 6) is -0.0502. The Labute approximate surface area is 332 Å². The number of amides is 1.